The molecular weight excluding hydrogens is 296 g/mol. The molecule has 3 aromatic rings. The Balaban J connectivity index is 1.52. The number of carbonyl (C=O) groups is 1. The number of carbonyl (C=O) groups excluding carboxylic acids is 1. The number of hydrogen-bond donors (Lipinski definition) is 0. The van der Waals surface area contributed by atoms with Crippen molar-refractivity contribution in [3.8, 4) is 0 Å². The molecule has 0 aromatic carbocycles. The summed E-state index contributed by atoms with van der Waals surface area (Å²) in [6, 6.07) is 1.80. The highest BCUT2D eigenvalue weighted by atomic mass is 16.3. The number of nitrogens with zero attached hydrogens (tertiary/aromatic N) is 6. The molecule has 4 heterocycles. The van der Waals surface area contributed by atoms with Crippen molar-refractivity contribution in [3.05, 3.63) is 54.0 Å². The first kappa shape index (κ1) is 13.7. The van der Waals surface area contributed by atoms with Gasteiger partial charge in [0, 0.05) is 24.8 Å². The Labute approximate surface area is 132 Å². The van der Waals surface area contributed by atoms with Crippen LogP contribution in [0.4, 0.5) is 0 Å². The second-order valence-electron chi connectivity index (χ2n) is 5.59. The molecule has 23 heavy (non-hydrogen) atoms. The molecule has 0 aliphatic carbocycles. The van der Waals surface area contributed by atoms with Crippen LogP contribution in [0.25, 0.3) is 0 Å². The van der Waals surface area contributed by atoms with E-state index in [2.05, 4.69) is 19.6 Å². The third kappa shape index (κ3) is 2.52. The summed E-state index contributed by atoms with van der Waals surface area (Å²) in [6.07, 6.45) is 6.72. The summed E-state index contributed by atoms with van der Waals surface area (Å²) in [5.41, 5.74) is 1.77. The maximum atomic E-state index is 12.5. The smallest absolute Gasteiger partial charge is 0.290 e. The van der Waals surface area contributed by atoms with Crippen LogP contribution in [0.15, 0.2) is 35.6 Å². The minimum atomic E-state index is -0.0837. The Morgan fingerprint density at radius 2 is 2.30 bits per heavy atom. The molecule has 0 radical (unpaired) electrons. The number of furan rings is 1. The van der Waals surface area contributed by atoms with E-state index in [-0.39, 0.29) is 5.91 Å². The summed E-state index contributed by atoms with van der Waals surface area (Å²) < 4.78 is 9.12. The van der Waals surface area contributed by atoms with Gasteiger partial charge in [-0.25, -0.2) is 14.6 Å². The Kier molecular flexibility index (Phi) is 3.22. The molecule has 118 valence electrons. The monoisotopic (exact) mass is 312 g/mol. The second-order valence-corrected chi connectivity index (χ2v) is 5.59. The van der Waals surface area contributed by atoms with Gasteiger partial charge in [-0.1, -0.05) is 0 Å². The average Bonchev–Trinajstić information content (AvgIpc) is 3.26. The third-order valence-corrected chi connectivity index (χ3v) is 3.99. The van der Waals surface area contributed by atoms with Crippen molar-refractivity contribution in [1.82, 2.24) is 29.2 Å². The molecule has 0 saturated carbocycles. The predicted octanol–water partition coefficient (Wildman–Crippen LogP) is 1.08. The minimum absolute atomic E-state index is 0.0837. The summed E-state index contributed by atoms with van der Waals surface area (Å²) in [5.74, 6) is 1.20. The Morgan fingerprint density at radius 1 is 1.39 bits per heavy atom. The van der Waals surface area contributed by atoms with Gasteiger partial charge < -0.3 is 13.9 Å². The van der Waals surface area contributed by atoms with Gasteiger partial charge in [0.05, 0.1) is 25.0 Å². The maximum absolute atomic E-state index is 12.5. The average molecular weight is 312 g/mol. The first-order chi connectivity index (χ1) is 11.2. The number of fused-ring (bicyclic) bond motifs is 1. The van der Waals surface area contributed by atoms with E-state index < -0.39 is 0 Å². The SMILES string of the molecule is Cc1ccoc1C(=O)N1CCn2cc(Cn3cncn3)nc2C1. The first-order valence-corrected chi connectivity index (χ1v) is 7.41. The number of aromatic nitrogens is 5. The molecule has 0 saturated heterocycles. The molecule has 8 heteroatoms. The van der Waals surface area contributed by atoms with E-state index in [1.54, 1.807) is 28.2 Å². The van der Waals surface area contributed by atoms with Crippen LogP contribution in [0.5, 0.6) is 0 Å². The topological polar surface area (TPSA) is 82.0 Å². The zero-order valence-corrected chi connectivity index (χ0v) is 12.7. The van der Waals surface area contributed by atoms with Crippen LogP contribution in [0, 0.1) is 6.92 Å². The summed E-state index contributed by atoms with van der Waals surface area (Å²) >= 11 is 0. The third-order valence-electron chi connectivity index (χ3n) is 3.99. The zero-order chi connectivity index (χ0) is 15.8. The van der Waals surface area contributed by atoms with Crippen LogP contribution < -0.4 is 0 Å². The standard InChI is InChI=1S/C15H16N6O2/c1-11-2-5-23-14(11)15(22)20-4-3-19-6-12(18-13(19)8-20)7-21-10-16-9-17-21/h2,5-6,9-10H,3-4,7-8H2,1H3. The van der Waals surface area contributed by atoms with Gasteiger partial charge in [-0.05, 0) is 13.0 Å². The Morgan fingerprint density at radius 3 is 3.04 bits per heavy atom. The number of imidazole rings is 1. The molecule has 1 aliphatic heterocycles. The lowest BCUT2D eigenvalue weighted by Gasteiger charge is -2.27. The molecule has 1 aliphatic rings. The van der Waals surface area contributed by atoms with Crippen LogP contribution >= 0.6 is 0 Å². The highest BCUT2D eigenvalue weighted by molar-refractivity contribution is 5.92. The molecule has 0 spiro atoms. The Hall–Kier alpha value is -2.90. The van der Waals surface area contributed by atoms with Crippen LogP contribution in [-0.2, 0) is 19.6 Å². The second kappa shape index (κ2) is 5.38. The van der Waals surface area contributed by atoms with Gasteiger partial charge in [0.1, 0.15) is 18.5 Å². The van der Waals surface area contributed by atoms with Crippen LogP contribution in [0.3, 0.4) is 0 Å². The van der Waals surface area contributed by atoms with Gasteiger partial charge in [0.15, 0.2) is 5.76 Å². The lowest BCUT2D eigenvalue weighted by atomic mass is 10.2. The lowest BCUT2D eigenvalue weighted by Crippen LogP contribution is -2.38. The predicted molar refractivity (Wildman–Crippen MR) is 79.5 cm³/mol. The maximum Gasteiger partial charge on any atom is 0.290 e. The van der Waals surface area contributed by atoms with Gasteiger partial charge in [-0.3, -0.25) is 4.79 Å². The molecule has 8 nitrogen and oxygen atoms in total. The molecule has 1 amide bonds. The van der Waals surface area contributed by atoms with Crippen molar-refractivity contribution in [3.63, 3.8) is 0 Å². The van der Waals surface area contributed by atoms with E-state index in [4.69, 9.17) is 4.42 Å². The van der Waals surface area contributed by atoms with Gasteiger partial charge in [-0.15, -0.1) is 0 Å². The molecular formula is C15H16N6O2. The minimum Gasteiger partial charge on any atom is -0.459 e. The van der Waals surface area contributed by atoms with Crippen molar-refractivity contribution in [2.75, 3.05) is 6.54 Å². The quantitative estimate of drug-likeness (QED) is 0.723. The van der Waals surface area contributed by atoms with Crippen molar-refractivity contribution in [2.45, 2.75) is 26.6 Å². The molecule has 0 unspecified atom stereocenters. The van der Waals surface area contributed by atoms with Gasteiger partial charge in [0.25, 0.3) is 5.91 Å². The van der Waals surface area contributed by atoms with Crippen molar-refractivity contribution in [1.29, 1.82) is 0 Å². The number of rotatable bonds is 3. The number of amides is 1. The van der Waals surface area contributed by atoms with Crippen molar-refractivity contribution in [2.24, 2.45) is 0 Å². The highest BCUT2D eigenvalue weighted by Crippen LogP contribution is 2.18. The van der Waals surface area contributed by atoms with Crippen molar-refractivity contribution >= 4 is 5.91 Å². The van der Waals surface area contributed by atoms with E-state index in [0.717, 1.165) is 23.6 Å². The molecule has 0 N–H and O–H groups in total. The van der Waals surface area contributed by atoms with Crippen LogP contribution in [-0.4, -0.2) is 41.7 Å². The van der Waals surface area contributed by atoms with E-state index in [1.165, 1.54) is 6.33 Å². The fraction of sp³-hybridized carbons (Fsp3) is 0.333. The van der Waals surface area contributed by atoms with Crippen LogP contribution in [0.2, 0.25) is 0 Å². The molecule has 0 atom stereocenters. The van der Waals surface area contributed by atoms with E-state index >= 15 is 0 Å². The highest BCUT2D eigenvalue weighted by Gasteiger charge is 2.26. The van der Waals surface area contributed by atoms with Gasteiger partial charge in [-0.2, -0.15) is 5.10 Å². The normalized spacial score (nSPS) is 14.0. The Bertz CT molecular complexity index is 832. The van der Waals surface area contributed by atoms with Gasteiger partial charge >= 0.3 is 0 Å². The summed E-state index contributed by atoms with van der Waals surface area (Å²) in [7, 11) is 0. The van der Waals surface area contributed by atoms with Crippen molar-refractivity contribution < 1.29 is 9.21 Å². The fourth-order valence-corrected chi connectivity index (χ4v) is 2.78. The van der Waals surface area contributed by atoms with E-state index in [9.17, 15) is 4.79 Å². The fourth-order valence-electron chi connectivity index (χ4n) is 2.78. The van der Waals surface area contributed by atoms with E-state index in [0.29, 0.717) is 25.4 Å². The summed E-state index contributed by atoms with van der Waals surface area (Å²) in [5, 5.41) is 4.08. The number of aryl methyl sites for hydroxylation is 1. The van der Waals surface area contributed by atoms with E-state index in [1.807, 2.05) is 13.1 Å². The molecule has 3 aromatic heterocycles. The van der Waals surface area contributed by atoms with Gasteiger partial charge in [0.2, 0.25) is 0 Å². The summed E-state index contributed by atoms with van der Waals surface area (Å²) in [6.45, 7) is 4.30. The summed E-state index contributed by atoms with van der Waals surface area (Å²) in [4.78, 5) is 22.8. The number of hydrogen-bond acceptors (Lipinski definition) is 5. The van der Waals surface area contributed by atoms with Crippen LogP contribution in [0.1, 0.15) is 27.6 Å². The molecule has 4 rings (SSSR count). The molecule has 0 bridgehead atoms. The lowest BCUT2D eigenvalue weighted by molar-refractivity contribution is 0.0674. The zero-order valence-electron chi connectivity index (χ0n) is 12.7. The molecule has 0 fully saturated rings. The largest absolute Gasteiger partial charge is 0.459 e. The first-order valence-electron chi connectivity index (χ1n) is 7.41.